The predicted octanol–water partition coefficient (Wildman–Crippen LogP) is 3.21. The van der Waals surface area contributed by atoms with Gasteiger partial charge >= 0.3 is 0 Å². The number of aromatic nitrogens is 2. The molecule has 0 fully saturated rings. The number of ether oxygens (including phenoxy) is 1. The molecule has 0 aliphatic rings. The van der Waals surface area contributed by atoms with E-state index < -0.39 is 21.7 Å². The number of nitrogens with one attached hydrogen (secondary N) is 2. The van der Waals surface area contributed by atoms with E-state index in [1.165, 1.54) is 48.9 Å². The van der Waals surface area contributed by atoms with E-state index in [0.29, 0.717) is 17.1 Å². The summed E-state index contributed by atoms with van der Waals surface area (Å²) in [6.07, 6.45) is 4.15. The van der Waals surface area contributed by atoms with Gasteiger partial charge in [-0.15, -0.1) is 0 Å². The summed E-state index contributed by atoms with van der Waals surface area (Å²) < 4.78 is 51.2. The average Bonchev–Trinajstić information content (AvgIpc) is 3.32. The maximum atomic E-state index is 13.1. The lowest BCUT2D eigenvalue weighted by Crippen LogP contribution is -2.24. The molecule has 0 saturated carbocycles. The molecule has 2 N–H and O–H groups in total. The number of amides is 1. The smallest absolute Gasteiger partial charge is 0.277 e. The molecular formula is C23H18FN5O5S. The number of hydrogen-bond donors (Lipinski definition) is 2. The molecule has 0 unspecified atom stereocenters. The van der Waals surface area contributed by atoms with E-state index in [9.17, 15) is 17.6 Å². The molecule has 0 aliphatic heterocycles. The first-order valence-corrected chi connectivity index (χ1v) is 11.6. The standard InChI is InChI=1S/C23H18FN5O5S/c24-17-3-1-4-18(13-17)33-15-22(30)28-27-14-19-7-10-21(34-19)16-5-8-20(9-6-16)35(31,32)29-23-25-11-2-12-26-23/h1-14H,15H2,(H,28,30)(H,25,26,29)/b27-14-. The molecule has 0 aliphatic carbocycles. The number of carbonyl (C=O) groups is 1. The molecule has 1 amide bonds. The van der Waals surface area contributed by atoms with E-state index in [4.69, 9.17) is 9.15 Å². The first kappa shape index (κ1) is 23.6. The second kappa shape index (κ2) is 10.6. The van der Waals surface area contributed by atoms with Crippen molar-refractivity contribution in [3.63, 3.8) is 0 Å². The fourth-order valence-corrected chi connectivity index (χ4v) is 3.77. The van der Waals surface area contributed by atoms with Crippen molar-refractivity contribution in [1.29, 1.82) is 0 Å². The van der Waals surface area contributed by atoms with Crippen LogP contribution in [0.5, 0.6) is 5.75 Å². The van der Waals surface area contributed by atoms with E-state index in [1.807, 2.05) is 0 Å². The second-order valence-electron chi connectivity index (χ2n) is 6.94. The van der Waals surface area contributed by atoms with Gasteiger partial charge in [-0.25, -0.2) is 32.9 Å². The molecule has 10 nitrogen and oxygen atoms in total. The molecular weight excluding hydrogens is 477 g/mol. The van der Waals surface area contributed by atoms with Crippen LogP contribution in [0.4, 0.5) is 10.3 Å². The Morgan fingerprint density at radius 3 is 2.57 bits per heavy atom. The van der Waals surface area contributed by atoms with Crippen LogP contribution in [0.1, 0.15) is 5.76 Å². The number of rotatable bonds is 9. The lowest BCUT2D eigenvalue weighted by molar-refractivity contribution is -0.123. The molecule has 2 aromatic heterocycles. The van der Waals surface area contributed by atoms with Crippen molar-refractivity contribution in [2.75, 3.05) is 11.3 Å². The Kier molecular flexibility index (Phi) is 7.12. The van der Waals surface area contributed by atoms with Crippen molar-refractivity contribution in [3.05, 3.63) is 90.7 Å². The van der Waals surface area contributed by atoms with Crippen LogP contribution in [0.15, 0.2) is 93.5 Å². The van der Waals surface area contributed by atoms with E-state index >= 15 is 0 Å². The average molecular weight is 495 g/mol. The Labute approximate surface area is 199 Å². The molecule has 12 heteroatoms. The van der Waals surface area contributed by atoms with E-state index in [-0.39, 0.29) is 23.2 Å². The van der Waals surface area contributed by atoms with Gasteiger partial charge in [0.15, 0.2) is 6.61 Å². The Hall–Kier alpha value is -4.58. The van der Waals surface area contributed by atoms with Gasteiger partial charge in [0.05, 0.1) is 11.1 Å². The lowest BCUT2D eigenvalue weighted by Gasteiger charge is -2.06. The van der Waals surface area contributed by atoms with Crippen molar-refractivity contribution in [2.24, 2.45) is 5.10 Å². The number of hydrogen-bond acceptors (Lipinski definition) is 8. The minimum absolute atomic E-state index is 0.0286. The Balaban J connectivity index is 1.32. The fraction of sp³-hybridized carbons (Fsp3) is 0.0435. The van der Waals surface area contributed by atoms with Gasteiger partial charge < -0.3 is 9.15 Å². The molecule has 0 radical (unpaired) electrons. The zero-order valence-corrected chi connectivity index (χ0v) is 18.8. The lowest BCUT2D eigenvalue weighted by atomic mass is 10.2. The highest BCUT2D eigenvalue weighted by atomic mass is 32.2. The maximum absolute atomic E-state index is 13.1. The number of carbonyl (C=O) groups excluding carboxylic acids is 1. The molecule has 0 bridgehead atoms. The topological polar surface area (TPSA) is 136 Å². The van der Waals surface area contributed by atoms with Crippen molar-refractivity contribution in [2.45, 2.75) is 4.90 Å². The van der Waals surface area contributed by atoms with Gasteiger partial charge in [-0.05, 0) is 54.6 Å². The van der Waals surface area contributed by atoms with Gasteiger partial charge in [0.25, 0.3) is 15.9 Å². The highest BCUT2D eigenvalue weighted by Gasteiger charge is 2.16. The molecule has 4 rings (SSSR count). The van der Waals surface area contributed by atoms with Gasteiger partial charge in [-0.2, -0.15) is 5.10 Å². The first-order chi connectivity index (χ1) is 16.9. The van der Waals surface area contributed by atoms with Gasteiger partial charge in [0.1, 0.15) is 23.1 Å². The SMILES string of the molecule is O=C(COc1cccc(F)c1)N/N=C\c1ccc(-c2ccc(S(=O)(=O)Nc3ncccn3)cc2)o1. The van der Waals surface area contributed by atoms with E-state index in [1.54, 1.807) is 30.3 Å². The minimum Gasteiger partial charge on any atom is -0.484 e. The summed E-state index contributed by atoms with van der Waals surface area (Å²) in [4.78, 5) is 19.5. The van der Waals surface area contributed by atoms with Crippen molar-refractivity contribution >= 4 is 28.1 Å². The van der Waals surface area contributed by atoms with Crippen molar-refractivity contribution in [3.8, 4) is 17.1 Å². The van der Waals surface area contributed by atoms with Crippen LogP contribution < -0.4 is 14.9 Å². The summed E-state index contributed by atoms with van der Waals surface area (Å²) in [5, 5.41) is 3.79. The third-order valence-corrected chi connectivity index (χ3v) is 5.76. The van der Waals surface area contributed by atoms with Gasteiger partial charge in [0.2, 0.25) is 5.95 Å². The normalized spacial score (nSPS) is 11.3. The summed E-state index contributed by atoms with van der Waals surface area (Å²) in [7, 11) is -3.85. The monoisotopic (exact) mass is 495 g/mol. The van der Waals surface area contributed by atoms with Gasteiger partial charge in [-0.1, -0.05) is 6.07 Å². The summed E-state index contributed by atoms with van der Waals surface area (Å²) in [5.74, 6) is 0.0104. The minimum atomic E-state index is -3.85. The van der Waals surface area contributed by atoms with Crippen LogP contribution in [0, 0.1) is 5.82 Å². The molecule has 2 aromatic carbocycles. The Morgan fingerprint density at radius 1 is 1.06 bits per heavy atom. The molecule has 0 atom stereocenters. The maximum Gasteiger partial charge on any atom is 0.277 e. The number of hydrazone groups is 1. The van der Waals surface area contributed by atoms with Crippen LogP contribution >= 0.6 is 0 Å². The molecule has 35 heavy (non-hydrogen) atoms. The van der Waals surface area contributed by atoms with Gasteiger partial charge in [-0.3, -0.25) is 4.79 Å². The largest absolute Gasteiger partial charge is 0.484 e. The Morgan fingerprint density at radius 2 is 1.83 bits per heavy atom. The van der Waals surface area contributed by atoms with E-state index in [0.717, 1.165) is 6.07 Å². The third-order valence-electron chi connectivity index (χ3n) is 4.41. The molecule has 178 valence electrons. The van der Waals surface area contributed by atoms with Crippen LogP contribution in [0.3, 0.4) is 0 Å². The van der Waals surface area contributed by atoms with Crippen LogP contribution in [-0.4, -0.2) is 37.1 Å². The summed E-state index contributed by atoms with van der Waals surface area (Å²) in [5.41, 5.74) is 2.91. The molecule has 2 heterocycles. The highest BCUT2D eigenvalue weighted by molar-refractivity contribution is 7.92. The second-order valence-corrected chi connectivity index (χ2v) is 8.63. The zero-order chi connectivity index (χ0) is 24.7. The number of nitrogens with zero attached hydrogens (tertiary/aromatic N) is 3. The molecule has 0 spiro atoms. The summed E-state index contributed by atoms with van der Waals surface area (Å²) in [6, 6.07) is 16.3. The number of halogens is 1. The zero-order valence-electron chi connectivity index (χ0n) is 18.0. The highest BCUT2D eigenvalue weighted by Crippen LogP contribution is 2.24. The van der Waals surface area contributed by atoms with Crippen LogP contribution in [0.25, 0.3) is 11.3 Å². The number of benzene rings is 2. The molecule has 4 aromatic rings. The van der Waals surface area contributed by atoms with Crippen molar-refractivity contribution < 1.29 is 26.8 Å². The predicted molar refractivity (Wildman–Crippen MR) is 125 cm³/mol. The first-order valence-electron chi connectivity index (χ1n) is 10.1. The number of sulfonamides is 1. The fourth-order valence-electron chi connectivity index (χ4n) is 2.81. The van der Waals surface area contributed by atoms with Crippen LogP contribution in [0.2, 0.25) is 0 Å². The van der Waals surface area contributed by atoms with E-state index in [2.05, 4.69) is 25.2 Å². The Bertz CT molecular complexity index is 1440. The van der Waals surface area contributed by atoms with Gasteiger partial charge in [0, 0.05) is 24.0 Å². The summed E-state index contributed by atoms with van der Waals surface area (Å²) in [6.45, 7) is -0.343. The number of furan rings is 1. The van der Waals surface area contributed by atoms with Crippen molar-refractivity contribution in [1.82, 2.24) is 15.4 Å². The quantitative estimate of drug-likeness (QED) is 0.269. The molecule has 0 saturated heterocycles. The van der Waals surface area contributed by atoms with Crippen LogP contribution in [-0.2, 0) is 14.8 Å². The summed E-state index contributed by atoms with van der Waals surface area (Å²) >= 11 is 0. The number of anilines is 1. The third kappa shape index (κ3) is 6.48.